The van der Waals surface area contributed by atoms with Crippen LogP contribution in [0.4, 0.5) is 4.39 Å². The molecule has 35 heavy (non-hydrogen) atoms. The SMILES string of the molecule is COc1cc(C(=O)N2CCC3(CC2)C[C@@H](OC(C)C)c2cc(F)ccc2O3)ccc1C(C)(C)CO.[HH]. The molecule has 0 saturated carbocycles. The van der Waals surface area contributed by atoms with Gasteiger partial charge in [-0.15, -0.1) is 0 Å². The van der Waals surface area contributed by atoms with Gasteiger partial charge in [-0.05, 0) is 44.2 Å². The summed E-state index contributed by atoms with van der Waals surface area (Å²) in [4.78, 5) is 15.2. The van der Waals surface area contributed by atoms with Crippen LogP contribution in [0, 0.1) is 5.82 Å². The van der Waals surface area contributed by atoms with E-state index in [1.807, 2.05) is 38.7 Å². The molecule has 0 unspecified atom stereocenters. The Morgan fingerprint density at radius 3 is 2.60 bits per heavy atom. The molecule has 2 heterocycles. The lowest BCUT2D eigenvalue weighted by Crippen LogP contribution is -2.52. The highest BCUT2D eigenvalue weighted by Crippen LogP contribution is 2.46. The van der Waals surface area contributed by atoms with Crippen molar-refractivity contribution in [1.82, 2.24) is 4.90 Å². The van der Waals surface area contributed by atoms with Crippen molar-refractivity contribution in [3.05, 3.63) is 58.9 Å². The van der Waals surface area contributed by atoms with Gasteiger partial charge in [0.15, 0.2) is 0 Å². The third kappa shape index (κ3) is 5.16. The van der Waals surface area contributed by atoms with Crippen LogP contribution in [0.5, 0.6) is 11.5 Å². The van der Waals surface area contributed by atoms with Crippen molar-refractivity contribution in [3.8, 4) is 11.5 Å². The van der Waals surface area contributed by atoms with Crippen LogP contribution in [0.25, 0.3) is 0 Å². The van der Waals surface area contributed by atoms with Gasteiger partial charge >= 0.3 is 0 Å². The van der Waals surface area contributed by atoms with E-state index in [-0.39, 0.29) is 32.0 Å². The summed E-state index contributed by atoms with van der Waals surface area (Å²) in [7, 11) is 1.57. The lowest BCUT2D eigenvalue weighted by atomic mass is 9.81. The smallest absolute Gasteiger partial charge is 0.253 e. The number of carbonyl (C=O) groups excluding carboxylic acids is 1. The Bertz CT molecular complexity index is 1080. The number of halogens is 1. The maximum Gasteiger partial charge on any atom is 0.253 e. The number of benzene rings is 2. The van der Waals surface area contributed by atoms with E-state index >= 15 is 0 Å². The fraction of sp³-hybridized carbons (Fsp3) is 0.536. The molecule has 1 fully saturated rings. The van der Waals surface area contributed by atoms with Crippen LogP contribution in [0.15, 0.2) is 36.4 Å². The van der Waals surface area contributed by atoms with Gasteiger partial charge in [-0.3, -0.25) is 4.79 Å². The highest BCUT2D eigenvalue weighted by Gasteiger charge is 2.45. The number of carbonyl (C=O) groups is 1. The first-order chi connectivity index (χ1) is 16.6. The Morgan fingerprint density at radius 1 is 1.26 bits per heavy atom. The molecule has 6 nitrogen and oxygen atoms in total. The first-order valence-corrected chi connectivity index (χ1v) is 12.3. The first kappa shape index (κ1) is 25.5. The zero-order valence-electron chi connectivity index (χ0n) is 21.3. The van der Waals surface area contributed by atoms with Crippen LogP contribution in [-0.4, -0.2) is 54.4 Å². The van der Waals surface area contributed by atoms with Crippen LogP contribution in [-0.2, 0) is 10.2 Å². The van der Waals surface area contributed by atoms with Crippen molar-refractivity contribution >= 4 is 5.91 Å². The lowest BCUT2D eigenvalue weighted by molar-refractivity contribution is -0.0873. The van der Waals surface area contributed by atoms with Gasteiger partial charge in [0.05, 0.1) is 25.9 Å². The lowest BCUT2D eigenvalue weighted by Gasteiger charge is -2.47. The van der Waals surface area contributed by atoms with Gasteiger partial charge in [0.25, 0.3) is 5.91 Å². The Kier molecular flexibility index (Phi) is 7.11. The fourth-order valence-corrected chi connectivity index (χ4v) is 5.11. The van der Waals surface area contributed by atoms with E-state index in [0.29, 0.717) is 49.4 Å². The van der Waals surface area contributed by atoms with Gasteiger partial charge < -0.3 is 24.2 Å². The Hall–Kier alpha value is -2.64. The number of hydrogen-bond acceptors (Lipinski definition) is 5. The molecule has 0 bridgehead atoms. The van der Waals surface area contributed by atoms with Gasteiger partial charge in [-0.1, -0.05) is 19.9 Å². The number of hydrogen-bond donors (Lipinski definition) is 1. The highest BCUT2D eigenvalue weighted by molar-refractivity contribution is 5.95. The summed E-state index contributed by atoms with van der Waals surface area (Å²) in [5, 5.41) is 9.74. The second-order valence-electron chi connectivity index (χ2n) is 10.6. The first-order valence-electron chi connectivity index (χ1n) is 12.3. The Balaban J connectivity index is 0.00000361. The number of nitrogens with zero attached hydrogens (tertiary/aromatic N) is 1. The Morgan fingerprint density at radius 2 is 1.97 bits per heavy atom. The minimum absolute atomic E-state index is 0. The summed E-state index contributed by atoms with van der Waals surface area (Å²) in [5.41, 5.74) is 1.24. The number of likely N-dealkylation sites (tertiary alicyclic amines) is 1. The normalized spacial score (nSPS) is 19.4. The monoisotopic (exact) mass is 487 g/mol. The van der Waals surface area contributed by atoms with Gasteiger partial charge in [0, 0.05) is 55.9 Å². The van der Waals surface area contributed by atoms with E-state index in [1.54, 1.807) is 25.3 Å². The predicted octanol–water partition coefficient (Wildman–Crippen LogP) is 5.27. The number of ether oxygens (including phenoxy) is 3. The van der Waals surface area contributed by atoms with Gasteiger partial charge in [0.2, 0.25) is 0 Å². The number of aliphatic hydroxyl groups excluding tert-OH is 1. The van der Waals surface area contributed by atoms with Gasteiger partial charge in [-0.2, -0.15) is 0 Å². The highest BCUT2D eigenvalue weighted by atomic mass is 19.1. The molecule has 1 N–H and O–H groups in total. The summed E-state index contributed by atoms with van der Waals surface area (Å²) in [6, 6.07) is 10.0. The molecule has 2 aromatic carbocycles. The van der Waals surface area contributed by atoms with Crippen LogP contribution < -0.4 is 9.47 Å². The molecule has 0 aromatic heterocycles. The zero-order valence-corrected chi connectivity index (χ0v) is 21.3. The van der Waals surface area contributed by atoms with E-state index in [4.69, 9.17) is 14.2 Å². The molecule has 1 saturated heterocycles. The average Bonchev–Trinajstić information content (AvgIpc) is 2.84. The predicted molar refractivity (Wildman–Crippen MR) is 134 cm³/mol. The molecule has 4 rings (SSSR count). The van der Waals surface area contributed by atoms with E-state index in [1.165, 1.54) is 12.1 Å². The zero-order chi connectivity index (χ0) is 25.4. The van der Waals surface area contributed by atoms with Crippen LogP contribution in [0.2, 0.25) is 0 Å². The fourth-order valence-electron chi connectivity index (χ4n) is 5.11. The molecular weight excluding hydrogens is 449 g/mol. The summed E-state index contributed by atoms with van der Waals surface area (Å²) >= 11 is 0. The molecule has 7 heteroatoms. The van der Waals surface area contributed by atoms with Crippen molar-refractivity contribution in [2.45, 2.75) is 70.2 Å². The average molecular weight is 488 g/mol. The van der Waals surface area contributed by atoms with E-state index < -0.39 is 11.0 Å². The summed E-state index contributed by atoms with van der Waals surface area (Å²) in [5.74, 6) is 0.899. The summed E-state index contributed by atoms with van der Waals surface area (Å²) in [6.45, 7) is 8.90. The van der Waals surface area contributed by atoms with E-state index in [9.17, 15) is 14.3 Å². The minimum atomic E-state index is -0.476. The summed E-state index contributed by atoms with van der Waals surface area (Å²) in [6.07, 6.45) is 1.72. The second-order valence-corrected chi connectivity index (χ2v) is 10.6. The number of methoxy groups -OCH3 is 1. The Labute approximate surface area is 208 Å². The summed E-state index contributed by atoms with van der Waals surface area (Å²) < 4.78 is 32.1. The quantitative estimate of drug-likeness (QED) is 0.601. The number of fused-ring (bicyclic) bond motifs is 1. The molecule has 2 aliphatic heterocycles. The van der Waals surface area contributed by atoms with Crippen molar-refractivity contribution in [2.75, 3.05) is 26.8 Å². The van der Waals surface area contributed by atoms with Crippen molar-refractivity contribution in [3.63, 3.8) is 0 Å². The molecule has 2 aliphatic rings. The van der Waals surface area contributed by atoms with E-state index in [2.05, 4.69) is 0 Å². The van der Waals surface area contributed by atoms with Crippen LogP contribution in [0.3, 0.4) is 0 Å². The van der Waals surface area contributed by atoms with Crippen molar-refractivity contribution < 1.29 is 29.9 Å². The third-order valence-electron chi connectivity index (χ3n) is 7.17. The van der Waals surface area contributed by atoms with Gasteiger partial charge in [0.1, 0.15) is 22.9 Å². The number of rotatable bonds is 6. The largest absolute Gasteiger partial charge is 0.496 e. The number of aliphatic hydroxyl groups is 1. The van der Waals surface area contributed by atoms with Crippen molar-refractivity contribution in [1.29, 1.82) is 0 Å². The molecule has 1 atom stereocenters. The third-order valence-corrected chi connectivity index (χ3v) is 7.17. The molecule has 192 valence electrons. The second kappa shape index (κ2) is 9.78. The van der Waals surface area contributed by atoms with Crippen molar-refractivity contribution in [2.24, 2.45) is 0 Å². The maximum atomic E-state index is 13.9. The number of piperidine rings is 1. The topological polar surface area (TPSA) is 68.2 Å². The molecule has 2 aromatic rings. The minimum Gasteiger partial charge on any atom is -0.496 e. The van der Waals surface area contributed by atoms with Gasteiger partial charge in [-0.25, -0.2) is 4.39 Å². The molecular formula is C28H38FNO5. The standard InChI is InChI=1S/C28H36FNO5.H2/c1-18(2)34-25-16-28(35-23-9-7-20(29)15-21(23)25)10-12-30(13-11-28)26(32)19-6-8-22(24(14-19)33-5)27(3,4)17-31;/h6-9,14-15,18,25,31H,10-13,16-17H2,1-5H3;1H/t25-;/m1./s1. The maximum absolute atomic E-state index is 13.9. The van der Waals surface area contributed by atoms with Crippen LogP contribution in [0.1, 0.15) is 76.0 Å². The molecule has 0 aliphatic carbocycles. The molecule has 1 spiro atoms. The van der Waals surface area contributed by atoms with Crippen LogP contribution >= 0.6 is 0 Å². The number of amides is 1. The molecule has 1 amide bonds. The molecule has 0 radical (unpaired) electrons. The van der Waals surface area contributed by atoms with E-state index in [0.717, 1.165) is 11.1 Å².